The first-order valence-corrected chi connectivity index (χ1v) is 8.69. The zero-order chi connectivity index (χ0) is 19.1. The molecule has 0 saturated heterocycles. The maximum Gasteiger partial charge on any atom is 0.220 e. The number of Topliss-reactive ketones (excluding diaryl/α,β-unsaturated/α-hetero) is 1. The lowest BCUT2D eigenvalue weighted by Crippen LogP contribution is -2.26. The second-order valence-corrected chi connectivity index (χ2v) is 6.05. The van der Waals surface area contributed by atoms with Crippen molar-refractivity contribution in [2.45, 2.75) is 19.3 Å². The van der Waals surface area contributed by atoms with E-state index in [0.29, 0.717) is 18.7 Å². The number of rotatable bonds is 8. The van der Waals surface area contributed by atoms with Gasteiger partial charge in [0.25, 0.3) is 0 Å². The Kier molecular flexibility index (Phi) is 6.10. The predicted octanol–water partition coefficient (Wildman–Crippen LogP) is 3.80. The zero-order valence-corrected chi connectivity index (χ0v) is 14.7. The van der Waals surface area contributed by atoms with Gasteiger partial charge in [-0.2, -0.15) is 0 Å². The van der Waals surface area contributed by atoms with Crippen molar-refractivity contribution in [1.29, 1.82) is 0 Å². The van der Waals surface area contributed by atoms with Crippen LogP contribution in [0.1, 0.15) is 28.9 Å². The molecule has 0 fully saturated rings. The lowest BCUT2D eigenvalue weighted by Gasteiger charge is -2.04. The van der Waals surface area contributed by atoms with Gasteiger partial charge in [0.2, 0.25) is 5.91 Å². The fourth-order valence-corrected chi connectivity index (χ4v) is 2.64. The quantitative estimate of drug-likeness (QED) is 0.616. The van der Waals surface area contributed by atoms with Crippen molar-refractivity contribution in [2.75, 3.05) is 6.54 Å². The van der Waals surface area contributed by atoms with Crippen LogP contribution < -0.4 is 5.32 Å². The molecule has 1 amide bonds. The maximum absolute atomic E-state index is 13.5. The van der Waals surface area contributed by atoms with Gasteiger partial charge in [0.15, 0.2) is 11.5 Å². The molecule has 138 valence electrons. The molecular weight excluding hydrogens is 347 g/mol. The summed E-state index contributed by atoms with van der Waals surface area (Å²) in [5.41, 5.74) is 1.69. The number of nitrogens with zero attached hydrogens (tertiary/aromatic N) is 1. The van der Waals surface area contributed by atoms with E-state index >= 15 is 0 Å². The highest BCUT2D eigenvalue weighted by molar-refractivity contribution is 5.98. The highest BCUT2D eigenvalue weighted by Gasteiger charge is 2.13. The molecule has 0 atom stereocenters. The van der Waals surface area contributed by atoms with Crippen molar-refractivity contribution in [3.63, 3.8) is 0 Å². The third kappa shape index (κ3) is 5.10. The molecule has 6 heteroatoms. The van der Waals surface area contributed by atoms with E-state index in [2.05, 4.69) is 10.5 Å². The Bertz CT molecular complexity index is 922. The number of carbonyl (C=O) groups excluding carboxylic acids is 2. The minimum absolute atomic E-state index is 0.0151. The molecule has 3 aromatic rings. The Hall–Kier alpha value is -3.28. The molecule has 0 unspecified atom stereocenters. The van der Waals surface area contributed by atoms with Crippen molar-refractivity contribution in [2.24, 2.45) is 0 Å². The number of amides is 1. The predicted molar refractivity (Wildman–Crippen MR) is 98.6 cm³/mol. The number of hydrogen-bond acceptors (Lipinski definition) is 4. The normalized spacial score (nSPS) is 10.6. The molecule has 0 spiro atoms. The molecule has 0 aliphatic heterocycles. The molecule has 2 aromatic carbocycles. The maximum atomic E-state index is 13.5. The first-order chi connectivity index (χ1) is 13.1. The van der Waals surface area contributed by atoms with E-state index in [1.54, 1.807) is 6.07 Å². The molecular formula is C21H19FN2O3. The van der Waals surface area contributed by atoms with Gasteiger partial charge in [0.05, 0.1) is 11.3 Å². The van der Waals surface area contributed by atoms with E-state index in [9.17, 15) is 14.0 Å². The summed E-state index contributed by atoms with van der Waals surface area (Å²) in [5, 5.41) is 6.73. The van der Waals surface area contributed by atoms with Crippen LogP contribution in [0.25, 0.3) is 11.3 Å². The minimum atomic E-state index is -0.567. The molecule has 0 radical (unpaired) electrons. The van der Waals surface area contributed by atoms with Crippen LogP contribution in [0.4, 0.5) is 4.39 Å². The minimum Gasteiger partial charge on any atom is -0.356 e. The lowest BCUT2D eigenvalue weighted by atomic mass is 10.1. The summed E-state index contributed by atoms with van der Waals surface area (Å²) in [6, 6.07) is 17.2. The van der Waals surface area contributed by atoms with Crippen molar-refractivity contribution >= 4 is 11.7 Å². The third-order valence-electron chi connectivity index (χ3n) is 4.07. The van der Waals surface area contributed by atoms with Crippen molar-refractivity contribution in [3.05, 3.63) is 77.7 Å². The summed E-state index contributed by atoms with van der Waals surface area (Å²) in [6.07, 6.45) is 0.499. The van der Waals surface area contributed by atoms with Crippen LogP contribution in [0.15, 0.2) is 65.2 Å². The molecule has 0 aliphatic rings. The SMILES string of the molecule is O=C(CCC(=O)c1ccccc1F)NCCc1cc(-c2ccccc2)on1. The van der Waals surface area contributed by atoms with Crippen LogP contribution in [-0.4, -0.2) is 23.4 Å². The van der Waals surface area contributed by atoms with Gasteiger partial charge in [0, 0.05) is 37.4 Å². The summed E-state index contributed by atoms with van der Waals surface area (Å²) in [6.45, 7) is 0.382. The summed E-state index contributed by atoms with van der Waals surface area (Å²) in [4.78, 5) is 23.8. The van der Waals surface area contributed by atoms with Crippen LogP contribution in [0.3, 0.4) is 0 Å². The second kappa shape index (κ2) is 8.89. The molecule has 0 saturated carbocycles. The van der Waals surface area contributed by atoms with Gasteiger partial charge >= 0.3 is 0 Å². The van der Waals surface area contributed by atoms with Crippen molar-refractivity contribution < 1.29 is 18.5 Å². The number of ketones is 1. The van der Waals surface area contributed by atoms with E-state index in [-0.39, 0.29) is 30.1 Å². The van der Waals surface area contributed by atoms with Crippen LogP contribution >= 0.6 is 0 Å². The van der Waals surface area contributed by atoms with Crippen LogP contribution in [0, 0.1) is 5.82 Å². The van der Waals surface area contributed by atoms with E-state index < -0.39 is 5.82 Å². The molecule has 3 rings (SSSR count). The van der Waals surface area contributed by atoms with Gasteiger partial charge < -0.3 is 9.84 Å². The van der Waals surface area contributed by atoms with Crippen molar-refractivity contribution in [3.8, 4) is 11.3 Å². The summed E-state index contributed by atoms with van der Waals surface area (Å²) >= 11 is 0. The summed E-state index contributed by atoms with van der Waals surface area (Å²) in [5.74, 6) is -0.533. The standard InChI is InChI=1S/C21H19FN2O3/c22-18-9-5-4-8-17(18)19(25)10-11-21(26)23-13-12-16-14-20(27-24-16)15-6-2-1-3-7-15/h1-9,14H,10-13H2,(H,23,26). The number of hydrogen-bond donors (Lipinski definition) is 1. The van der Waals surface area contributed by atoms with E-state index in [0.717, 1.165) is 11.3 Å². The van der Waals surface area contributed by atoms with Crippen LogP contribution in [0.2, 0.25) is 0 Å². The van der Waals surface area contributed by atoms with Crippen molar-refractivity contribution in [1.82, 2.24) is 10.5 Å². The molecule has 1 heterocycles. The number of carbonyl (C=O) groups is 2. The van der Waals surface area contributed by atoms with Gasteiger partial charge in [-0.25, -0.2) is 4.39 Å². The Labute approximate surface area is 156 Å². The average Bonchev–Trinajstić information content (AvgIpc) is 3.16. The molecule has 1 aromatic heterocycles. The largest absolute Gasteiger partial charge is 0.356 e. The molecule has 0 aliphatic carbocycles. The van der Waals surface area contributed by atoms with E-state index in [1.807, 2.05) is 36.4 Å². The van der Waals surface area contributed by atoms with Crippen LogP contribution in [-0.2, 0) is 11.2 Å². The number of nitrogens with one attached hydrogen (secondary N) is 1. The molecule has 1 N–H and O–H groups in total. The second-order valence-electron chi connectivity index (χ2n) is 6.05. The Morgan fingerprint density at radius 3 is 2.52 bits per heavy atom. The third-order valence-corrected chi connectivity index (χ3v) is 4.07. The Balaban J connectivity index is 1.42. The Morgan fingerprint density at radius 2 is 1.74 bits per heavy atom. The van der Waals surface area contributed by atoms with Gasteiger partial charge in [0.1, 0.15) is 5.82 Å². The fourth-order valence-electron chi connectivity index (χ4n) is 2.64. The zero-order valence-electron chi connectivity index (χ0n) is 14.7. The van der Waals surface area contributed by atoms with Gasteiger partial charge in [-0.1, -0.05) is 47.6 Å². The summed E-state index contributed by atoms with van der Waals surface area (Å²) < 4.78 is 18.8. The monoisotopic (exact) mass is 366 g/mol. The first kappa shape index (κ1) is 18.5. The van der Waals surface area contributed by atoms with E-state index in [1.165, 1.54) is 18.2 Å². The Morgan fingerprint density at radius 1 is 1.00 bits per heavy atom. The fraction of sp³-hybridized carbons (Fsp3) is 0.190. The smallest absolute Gasteiger partial charge is 0.220 e. The first-order valence-electron chi connectivity index (χ1n) is 8.69. The number of benzene rings is 2. The molecule has 5 nitrogen and oxygen atoms in total. The van der Waals surface area contributed by atoms with Gasteiger partial charge in [-0.15, -0.1) is 0 Å². The average molecular weight is 366 g/mol. The highest BCUT2D eigenvalue weighted by atomic mass is 19.1. The molecule has 27 heavy (non-hydrogen) atoms. The van der Waals surface area contributed by atoms with E-state index in [4.69, 9.17) is 4.52 Å². The highest BCUT2D eigenvalue weighted by Crippen LogP contribution is 2.19. The molecule has 0 bridgehead atoms. The number of halogens is 1. The lowest BCUT2D eigenvalue weighted by molar-refractivity contribution is -0.121. The van der Waals surface area contributed by atoms with Gasteiger partial charge in [-0.3, -0.25) is 9.59 Å². The number of aromatic nitrogens is 1. The van der Waals surface area contributed by atoms with Gasteiger partial charge in [-0.05, 0) is 12.1 Å². The topological polar surface area (TPSA) is 72.2 Å². The van der Waals surface area contributed by atoms with Crippen LogP contribution in [0.5, 0.6) is 0 Å². The summed E-state index contributed by atoms with van der Waals surface area (Å²) in [7, 11) is 0.